The minimum absolute atomic E-state index is 0.0641. The van der Waals surface area contributed by atoms with Crippen LogP contribution in [0, 0.1) is 12.3 Å². The van der Waals surface area contributed by atoms with Crippen LogP contribution in [0.4, 0.5) is 17.3 Å². The van der Waals surface area contributed by atoms with Gasteiger partial charge in [0.1, 0.15) is 0 Å². The van der Waals surface area contributed by atoms with Crippen LogP contribution in [-0.2, 0) is 11.2 Å². The van der Waals surface area contributed by atoms with Gasteiger partial charge < -0.3 is 10.6 Å². The van der Waals surface area contributed by atoms with Gasteiger partial charge in [-0.1, -0.05) is 32.0 Å². The van der Waals surface area contributed by atoms with Crippen molar-refractivity contribution in [3.8, 4) is 0 Å². The Labute approximate surface area is 146 Å². The third kappa shape index (κ3) is 2.82. The largest absolute Gasteiger partial charge is 0.325 e. The molecule has 1 amide bonds. The standard InChI is InChI=1S/C20H20N4O/c1-12-15-6-4-5-7-17(15)24-19(21-12)22-14-8-9-16-13(10-14)11-20(2,3)18(25)23-16/h4-10H,11H2,1-3H3,(H,23,25)(H,21,22,24). The van der Waals surface area contributed by atoms with Gasteiger partial charge in [-0.15, -0.1) is 0 Å². The number of nitrogens with one attached hydrogen (secondary N) is 2. The highest BCUT2D eigenvalue weighted by atomic mass is 16.2. The molecule has 2 aromatic carbocycles. The van der Waals surface area contributed by atoms with Gasteiger partial charge in [0, 0.05) is 22.2 Å². The molecule has 0 aliphatic carbocycles. The third-order valence-corrected chi connectivity index (χ3v) is 4.65. The van der Waals surface area contributed by atoms with Crippen molar-refractivity contribution in [3.05, 3.63) is 53.7 Å². The fraction of sp³-hybridized carbons (Fsp3) is 0.250. The second-order valence-electron chi connectivity index (χ2n) is 7.16. The van der Waals surface area contributed by atoms with Gasteiger partial charge in [0.15, 0.2) is 0 Å². The molecule has 4 rings (SSSR count). The van der Waals surface area contributed by atoms with E-state index < -0.39 is 5.41 Å². The van der Waals surface area contributed by atoms with Crippen LogP contribution in [-0.4, -0.2) is 15.9 Å². The van der Waals surface area contributed by atoms with E-state index >= 15 is 0 Å². The molecule has 2 heterocycles. The predicted octanol–water partition coefficient (Wildman–Crippen LogP) is 4.20. The molecule has 1 aliphatic rings. The summed E-state index contributed by atoms with van der Waals surface area (Å²) in [7, 11) is 0. The highest BCUT2D eigenvalue weighted by Gasteiger charge is 2.33. The maximum Gasteiger partial charge on any atom is 0.230 e. The van der Waals surface area contributed by atoms with Gasteiger partial charge in [-0.05, 0) is 43.2 Å². The molecule has 0 bridgehead atoms. The number of carbonyl (C=O) groups excluding carboxylic acids is 1. The molecule has 126 valence electrons. The molecule has 0 spiro atoms. The van der Waals surface area contributed by atoms with Crippen LogP contribution < -0.4 is 10.6 Å². The SMILES string of the molecule is Cc1nc(Nc2ccc3c(c2)CC(C)(C)C(=O)N3)nc2ccccc12. The molecule has 25 heavy (non-hydrogen) atoms. The lowest BCUT2D eigenvalue weighted by molar-refractivity contribution is -0.124. The monoisotopic (exact) mass is 332 g/mol. The van der Waals surface area contributed by atoms with E-state index in [1.54, 1.807) is 0 Å². The van der Waals surface area contributed by atoms with Crippen LogP contribution in [0.25, 0.3) is 10.9 Å². The molecule has 0 saturated carbocycles. The fourth-order valence-corrected chi connectivity index (χ4v) is 3.21. The van der Waals surface area contributed by atoms with Crippen molar-refractivity contribution in [1.29, 1.82) is 0 Å². The molecule has 0 saturated heterocycles. The van der Waals surface area contributed by atoms with E-state index in [2.05, 4.69) is 26.7 Å². The zero-order valence-corrected chi connectivity index (χ0v) is 14.6. The van der Waals surface area contributed by atoms with Crippen molar-refractivity contribution < 1.29 is 4.79 Å². The number of aromatic nitrogens is 2. The Kier molecular flexibility index (Phi) is 3.46. The summed E-state index contributed by atoms with van der Waals surface area (Å²) in [5.74, 6) is 0.643. The van der Waals surface area contributed by atoms with E-state index in [1.165, 1.54) is 0 Å². The van der Waals surface area contributed by atoms with E-state index in [4.69, 9.17) is 0 Å². The van der Waals surface area contributed by atoms with E-state index in [1.807, 2.05) is 57.2 Å². The predicted molar refractivity (Wildman–Crippen MR) is 100 cm³/mol. The number of benzene rings is 2. The van der Waals surface area contributed by atoms with Gasteiger partial charge in [0.25, 0.3) is 0 Å². The number of para-hydroxylation sites is 1. The Balaban J connectivity index is 1.67. The highest BCUT2D eigenvalue weighted by molar-refractivity contribution is 5.98. The molecular formula is C20H20N4O. The van der Waals surface area contributed by atoms with Crippen molar-refractivity contribution in [2.45, 2.75) is 27.2 Å². The minimum Gasteiger partial charge on any atom is -0.325 e. The Morgan fingerprint density at radius 3 is 2.76 bits per heavy atom. The van der Waals surface area contributed by atoms with Gasteiger partial charge in [-0.25, -0.2) is 9.97 Å². The number of fused-ring (bicyclic) bond motifs is 2. The van der Waals surface area contributed by atoms with Crippen molar-refractivity contribution in [1.82, 2.24) is 9.97 Å². The van der Waals surface area contributed by atoms with Gasteiger partial charge in [-0.3, -0.25) is 4.79 Å². The van der Waals surface area contributed by atoms with Crippen molar-refractivity contribution >= 4 is 34.1 Å². The average molecular weight is 332 g/mol. The summed E-state index contributed by atoms with van der Waals surface area (Å²) in [6.07, 6.45) is 0.710. The van der Waals surface area contributed by atoms with Gasteiger partial charge >= 0.3 is 0 Å². The minimum atomic E-state index is -0.401. The van der Waals surface area contributed by atoms with Gasteiger partial charge in [0.05, 0.1) is 11.2 Å². The molecule has 2 N–H and O–H groups in total. The topological polar surface area (TPSA) is 66.9 Å². The zero-order valence-electron chi connectivity index (χ0n) is 14.6. The summed E-state index contributed by atoms with van der Waals surface area (Å²) in [6, 6.07) is 13.9. The smallest absolute Gasteiger partial charge is 0.230 e. The maximum atomic E-state index is 12.1. The lowest BCUT2D eigenvalue weighted by atomic mass is 9.81. The molecule has 0 fully saturated rings. The second kappa shape index (κ2) is 5.55. The summed E-state index contributed by atoms with van der Waals surface area (Å²) in [4.78, 5) is 21.2. The number of carbonyl (C=O) groups is 1. The first kappa shape index (κ1) is 15.6. The lowest BCUT2D eigenvalue weighted by Crippen LogP contribution is -2.37. The molecular weight excluding hydrogens is 312 g/mol. The van der Waals surface area contributed by atoms with E-state index in [-0.39, 0.29) is 5.91 Å². The van der Waals surface area contributed by atoms with Crippen molar-refractivity contribution in [2.24, 2.45) is 5.41 Å². The second-order valence-corrected chi connectivity index (χ2v) is 7.16. The molecule has 0 radical (unpaired) electrons. The summed E-state index contributed by atoms with van der Waals surface area (Å²) >= 11 is 0. The Bertz CT molecular complexity index is 994. The normalized spacial score (nSPS) is 15.6. The lowest BCUT2D eigenvalue weighted by Gasteiger charge is -2.30. The highest BCUT2D eigenvalue weighted by Crippen LogP contribution is 2.35. The molecule has 0 unspecified atom stereocenters. The first-order valence-corrected chi connectivity index (χ1v) is 8.37. The molecule has 3 aromatic rings. The van der Waals surface area contributed by atoms with Crippen molar-refractivity contribution in [2.75, 3.05) is 10.6 Å². The molecule has 0 atom stereocenters. The number of aryl methyl sites for hydroxylation is 1. The average Bonchev–Trinajstić information content (AvgIpc) is 2.56. The van der Waals surface area contributed by atoms with E-state index in [9.17, 15) is 4.79 Å². The summed E-state index contributed by atoms with van der Waals surface area (Å²) < 4.78 is 0. The Morgan fingerprint density at radius 1 is 1.12 bits per heavy atom. The van der Waals surface area contributed by atoms with Gasteiger partial charge in [0.2, 0.25) is 11.9 Å². The maximum absolute atomic E-state index is 12.1. The van der Waals surface area contributed by atoms with Gasteiger partial charge in [-0.2, -0.15) is 0 Å². The van der Waals surface area contributed by atoms with Crippen LogP contribution in [0.15, 0.2) is 42.5 Å². The van der Waals surface area contributed by atoms with Crippen LogP contribution in [0.5, 0.6) is 0 Å². The number of amides is 1. The van der Waals surface area contributed by atoms with Crippen LogP contribution in [0.3, 0.4) is 0 Å². The quantitative estimate of drug-likeness (QED) is 0.738. The summed E-state index contributed by atoms with van der Waals surface area (Å²) in [5, 5.41) is 7.33. The molecule has 5 nitrogen and oxygen atoms in total. The first-order chi connectivity index (χ1) is 11.9. The van der Waals surface area contributed by atoms with E-state index in [0.717, 1.165) is 33.5 Å². The van der Waals surface area contributed by atoms with Crippen molar-refractivity contribution in [3.63, 3.8) is 0 Å². The zero-order chi connectivity index (χ0) is 17.6. The number of rotatable bonds is 2. The van der Waals surface area contributed by atoms with E-state index in [0.29, 0.717) is 12.4 Å². The molecule has 1 aromatic heterocycles. The number of anilines is 3. The fourth-order valence-electron chi connectivity index (χ4n) is 3.21. The Morgan fingerprint density at radius 2 is 1.92 bits per heavy atom. The first-order valence-electron chi connectivity index (χ1n) is 8.37. The van der Waals surface area contributed by atoms with Crippen LogP contribution >= 0.6 is 0 Å². The molecule has 1 aliphatic heterocycles. The van der Waals surface area contributed by atoms with Crippen LogP contribution in [0.1, 0.15) is 25.1 Å². The number of nitrogens with zero attached hydrogens (tertiary/aromatic N) is 2. The Hall–Kier alpha value is -2.95. The number of hydrogen-bond acceptors (Lipinski definition) is 4. The van der Waals surface area contributed by atoms with Crippen LogP contribution in [0.2, 0.25) is 0 Å². The number of hydrogen-bond donors (Lipinski definition) is 2. The molecule has 5 heteroatoms. The summed E-state index contributed by atoms with van der Waals surface area (Å²) in [6.45, 7) is 5.91. The summed E-state index contributed by atoms with van der Waals surface area (Å²) in [5.41, 5.74) is 4.38. The third-order valence-electron chi connectivity index (χ3n) is 4.65.